The highest BCUT2D eigenvalue weighted by Crippen LogP contribution is 2.29. The number of methoxy groups -OCH3 is 1. The molecule has 0 saturated carbocycles. The van der Waals surface area contributed by atoms with Crippen molar-refractivity contribution in [2.24, 2.45) is 7.05 Å². The fraction of sp³-hybridized carbons (Fsp3) is 0.105. The Morgan fingerprint density at radius 3 is 2.76 bits per heavy atom. The zero-order valence-electron chi connectivity index (χ0n) is 17.6. The van der Waals surface area contributed by atoms with Crippen LogP contribution in [-0.4, -0.2) is 55.5 Å². The van der Waals surface area contributed by atoms with Crippen LogP contribution in [0.15, 0.2) is 47.9 Å². The molecule has 12 nitrogen and oxygen atoms in total. The lowest BCUT2D eigenvalue weighted by Gasteiger charge is -2.11. The predicted molar refractivity (Wildman–Crippen MR) is 115 cm³/mol. The van der Waals surface area contributed by atoms with Crippen LogP contribution in [0.3, 0.4) is 0 Å². The molecule has 0 fully saturated rings. The normalized spacial score (nSPS) is 11.8. The van der Waals surface area contributed by atoms with Gasteiger partial charge in [0.25, 0.3) is 10.0 Å². The molecular formula is C19H15F2N9O3S. The summed E-state index contributed by atoms with van der Waals surface area (Å²) < 4.78 is 64.3. The van der Waals surface area contributed by atoms with Crippen molar-refractivity contribution in [3.63, 3.8) is 0 Å². The van der Waals surface area contributed by atoms with Crippen LogP contribution in [0.4, 0.5) is 14.5 Å². The average Bonchev–Trinajstić information content (AvgIpc) is 3.55. The van der Waals surface area contributed by atoms with Crippen LogP contribution in [0.2, 0.25) is 0 Å². The van der Waals surface area contributed by atoms with Gasteiger partial charge in [-0.25, -0.2) is 18.4 Å². The molecule has 5 rings (SSSR count). The maximum atomic E-state index is 15.2. The first-order valence-corrected chi connectivity index (χ1v) is 11.1. The number of nitrogens with zero attached hydrogens (tertiary/aromatic N) is 7. The number of fused-ring (bicyclic) bond motifs is 1. The van der Waals surface area contributed by atoms with E-state index in [0.29, 0.717) is 22.5 Å². The predicted octanol–water partition coefficient (Wildman–Crippen LogP) is 2.03. The van der Waals surface area contributed by atoms with Gasteiger partial charge in [0.1, 0.15) is 11.4 Å². The van der Waals surface area contributed by atoms with Crippen LogP contribution in [0.1, 0.15) is 0 Å². The summed E-state index contributed by atoms with van der Waals surface area (Å²) in [5, 5.41) is 18.5. The van der Waals surface area contributed by atoms with Crippen molar-refractivity contribution in [1.82, 2.24) is 40.0 Å². The topological polar surface area (TPSA) is 146 Å². The molecule has 0 bridgehead atoms. The summed E-state index contributed by atoms with van der Waals surface area (Å²) in [6, 6.07) is 4.81. The molecule has 0 unspecified atom stereocenters. The van der Waals surface area contributed by atoms with Gasteiger partial charge < -0.3 is 4.74 Å². The maximum Gasteiger partial charge on any atom is 0.281 e. The van der Waals surface area contributed by atoms with Crippen LogP contribution in [-0.2, 0) is 17.1 Å². The minimum absolute atomic E-state index is 0.260. The SMILES string of the molecule is COc1n[nH]c2ncc(-c3cn(-c4c(F)ccc(NS(=O)(=O)c5ccn(C)n5)c4F)nn3)cc12. The Balaban J connectivity index is 1.52. The molecular weight excluding hydrogens is 472 g/mol. The van der Waals surface area contributed by atoms with Gasteiger partial charge in [0.2, 0.25) is 5.88 Å². The van der Waals surface area contributed by atoms with Gasteiger partial charge in [-0.15, -0.1) is 10.2 Å². The minimum Gasteiger partial charge on any atom is -0.479 e. The van der Waals surface area contributed by atoms with Crippen molar-refractivity contribution < 1.29 is 21.9 Å². The van der Waals surface area contributed by atoms with E-state index in [4.69, 9.17) is 4.74 Å². The summed E-state index contributed by atoms with van der Waals surface area (Å²) in [4.78, 5) is 4.22. The van der Waals surface area contributed by atoms with Crippen molar-refractivity contribution in [2.75, 3.05) is 11.8 Å². The standard InChI is InChI=1S/C19H15F2N9O3S/c1-29-6-5-15(26-29)34(31,32)27-13-4-3-12(20)17(16(13)21)30-9-14(23-28-30)10-7-11-18(22-8-10)24-25-19(11)33-2/h3-9,27H,1-2H3,(H,22,24,25). The number of aromatic amines is 1. The van der Waals surface area contributed by atoms with Crippen LogP contribution >= 0.6 is 0 Å². The number of H-pyrrole nitrogens is 1. The molecule has 1 aromatic carbocycles. The average molecular weight is 487 g/mol. The maximum absolute atomic E-state index is 15.2. The van der Waals surface area contributed by atoms with E-state index in [0.717, 1.165) is 16.8 Å². The molecule has 5 aromatic rings. The molecule has 0 amide bonds. The van der Waals surface area contributed by atoms with Gasteiger partial charge in [0.15, 0.2) is 22.3 Å². The van der Waals surface area contributed by atoms with Gasteiger partial charge in [0.05, 0.1) is 24.4 Å². The number of hydrogen-bond acceptors (Lipinski definition) is 8. The molecule has 0 aliphatic heterocycles. The second-order valence-electron chi connectivity index (χ2n) is 7.09. The van der Waals surface area contributed by atoms with E-state index in [9.17, 15) is 12.8 Å². The second-order valence-corrected chi connectivity index (χ2v) is 8.72. The van der Waals surface area contributed by atoms with Crippen LogP contribution in [0.5, 0.6) is 5.88 Å². The molecule has 34 heavy (non-hydrogen) atoms. The summed E-state index contributed by atoms with van der Waals surface area (Å²) in [6.07, 6.45) is 4.19. The number of ether oxygens (including phenoxy) is 1. The van der Waals surface area contributed by atoms with Gasteiger partial charge in [-0.1, -0.05) is 5.21 Å². The van der Waals surface area contributed by atoms with E-state index >= 15 is 4.39 Å². The lowest BCUT2D eigenvalue weighted by Crippen LogP contribution is -2.16. The minimum atomic E-state index is -4.21. The van der Waals surface area contributed by atoms with Crippen LogP contribution < -0.4 is 9.46 Å². The molecule has 0 saturated heterocycles. The molecule has 0 atom stereocenters. The molecule has 15 heteroatoms. The van der Waals surface area contributed by atoms with E-state index in [1.165, 1.54) is 43.5 Å². The summed E-state index contributed by atoms with van der Waals surface area (Å²) in [5.41, 5.74) is 0.139. The third-order valence-electron chi connectivity index (χ3n) is 4.87. The highest BCUT2D eigenvalue weighted by Gasteiger charge is 2.23. The molecule has 2 N–H and O–H groups in total. The molecule has 0 aliphatic carbocycles. The number of benzene rings is 1. The zero-order valence-corrected chi connectivity index (χ0v) is 18.4. The number of pyridine rings is 1. The Morgan fingerprint density at radius 1 is 1.21 bits per heavy atom. The fourth-order valence-electron chi connectivity index (χ4n) is 3.25. The number of sulfonamides is 1. The molecule has 174 valence electrons. The number of hydrogen-bond donors (Lipinski definition) is 2. The quantitative estimate of drug-likeness (QED) is 0.370. The Bertz CT molecular complexity index is 1640. The number of anilines is 1. The van der Waals surface area contributed by atoms with E-state index in [2.05, 4.69) is 35.3 Å². The van der Waals surface area contributed by atoms with Crippen LogP contribution in [0, 0.1) is 11.6 Å². The summed E-state index contributed by atoms with van der Waals surface area (Å²) in [5.74, 6) is -1.83. The fourth-order valence-corrected chi connectivity index (χ4v) is 4.27. The second kappa shape index (κ2) is 7.87. The first-order valence-electron chi connectivity index (χ1n) is 9.58. The van der Waals surface area contributed by atoms with Gasteiger partial charge in [-0.05, 0) is 24.3 Å². The van der Waals surface area contributed by atoms with E-state index in [-0.39, 0.29) is 10.7 Å². The van der Waals surface area contributed by atoms with Crippen molar-refractivity contribution in [2.45, 2.75) is 5.03 Å². The number of aryl methyl sites for hydroxylation is 1. The van der Waals surface area contributed by atoms with Crippen molar-refractivity contribution in [1.29, 1.82) is 0 Å². The number of halogens is 2. The van der Waals surface area contributed by atoms with Crippen molar-refractivity contribution in [3.8, 4) is 22.8 Å². The Hall–Kier alpha value is -4.40. The van der Waals surface area contributed by atoms with E-state index < -0.39 is 33.0 Å². The smallest absolute Gasteiger partial charge is 0.281 e. The number of nitrogens with one attached hydrogen (secondary N) is 2. The molecule has 0 spiro atoms. The Labute approximate surface area is 190 Å². The highest BCUT2D eigenvalue weighted by molar-refractivity contribution is 7.92. The van der Waals surface area contributed by atoms with Crippen molar-refractivity contribution >= 4 is 26.7 Å². The van der Waals surface area contributed by atoms with E-state index in [1.807, 2.05) is 0 Å². The summed E-state index contributed by atoms with van der Waals surface area (Å²) in [6.45, 7) is 0. The number of aromatic nitrogens is 8. The third-order valence-corrected chi connectivity index (χ3v) is 6.13. The highest BCUT2D eigenvalue weighted by atomic mass is 32.2. The largest absolute Gasteiger partial charge is 0.479 e. The van der Waals surface area contributed by atoms with Gasteiger partial charge >= 0.3 is 0 Å². The van der Waals surface area contributed by atoms with Crippen LogP contribution in [0.25, 0.3) is 28.0 Å². The molecule has 4 aromatic heterocycles. The molecule has 0 radical (unpaired) electrons. The third kappa shape index (κ3) is 3.61. The zero-order chi connectivity index (χ0) is 24.0. The number of rotatable bonds is 6. The van der Waals surface area contributed by atoms with Crippen molar-refractivity contribution in [3.05, 3.63) is 54.5 Å². The first kappa shape index (κ1) is 21.4. The lowest BCUT2D eigenvalue weighted by atomic mass is 10.2. The lowest BCUT2D eigenvalue weighted by molar-refractivity contribution is 0.401. The molecule has 0 aliphatic rings. The van der Waals surface area contributed by atoms with Gasteiger partial charge in [-0.2, -0.15) is 13.5 Å². The summed E-state index contributed by atoms with van der Waals surface area (Å²) >= 11 is 0. The first-order chi connectivity index (χ1) is 16.3. The Kier molecular flexibility index (Phi) is 4.97. The Morgan fingerprint density at radius 2 is 2.03 bits per heavy atom. The summed E-state index contributed by atoms with van der Waals surface area (Å²) in [7, 11) is -1.21. The van der Waals surface area contributed by atoms with Gasteiger partial charge in [0, 0.05) is 25.0 Å². The van der Waals surface area contributed by atoms with Gasteiger partial charge in [-0.3, -0.25) is 14.5 Å². The molecule has 4 heterocycles. The van der Waals surface area contributed by atoms with E-state index in [1.54, 1.807) is 6.07 Å². The monoisotopic (exact) mass is 487 g/mol.